The molecule has 0 unspecified atom stereocenters. The van der Waals surface area contributed by atoms with Crippen LogP contribution in [0.3, 0.4) is 0 Å². The minimum absolute atomic E-state index is 0.166. The topological polar surface area (TPSA) is 56.2 Å². The van der Waals surface area contributed by atoms with Gasteiger partial charge in [0.1, 0.15) is 12.4 Å². The van der Waals surface area contributed by atoms with Gasteiger partial charge in [-0.2, -0.15) is 5.10 Å². The van der Waals surface area contributed by atoms with Crippen LogP contribution in [0.4, 0.5) is 5.69 Å². The van der Waals surface area contributed by atoms with E-state index in [2.05, 4.69) is 51.5 Å². The highest BCUT2D eigenvalue weighted by atomic mass is 79.9. The molecule has 4 rings (SSSR count). The molecule has 0 bridgehead atoms. The lowest BCUT2D eigenvalue weighted by molar-refractivity contribution is 0.102. The molecule has 0 fully saturated rings. The van der Waals surface area contributed by atoms with Crippen LogP contribution in [0.2, 0.25) is 0 Å². The lowest BCUT2D eigenvalue weighted by Gasteiger charge is -2.10. The summed E-state index contributed by atoms with van der Waals surface area (Å²) in [5, 5.41) is 7.70. The summed E-state index contributed by atoms with van der Waals surface area (Å²) in [4.78, 5) is 13.0. The fourth-order valence-corrected chi connectivity index (χ4v) is 4.10. The zero-order valence-corrected chi connectivity index (χ0v) is 20.5. The van der Waals surface area contributed by atoms with Crippen molar-refractivity contribution in [2.45, 2.75) is 33.9 Å². The Balaban J connectivity index is 1.46. The van der Waals surface area contributed by atoms with Crippen molar-refractivity contribution >= 4 is 27.5 Å². The zero-order chi connectivity index (χ0) is 23.4. The maximum atomic E-state index is 13.0. The fraction of sp³-hybridized carbons (Fsp3) is 0.185. The molecular formula is C27H26BrN3O2. The number of aromatic nitrogens is 2. The van der Waals surface area contributed by atoms with E-state index in [9.17, 15) is 4.79 Å². The van der Waals surface area contributed by atoms with Crippen molar-refractivity contribution < 1.29 is 9.53 Å². The van der Waals surface area contributed by atoms with Crippen LogP contribution < -0.4 is 10.1 Å². The summed E-state index contributed by atoms with van der Waals surface area (Å²) in [5.41, 5.74) is 6.37. The van der Waals surface area contributed by atoms with Gasteiger partial charge < -0.3 is 10.1 Å². The number of carbonyl (C=O) groups is 1. The van der Waals surface area contributed by atoms with Gasteiger partial charge in [0, 0.05) is 10.0 Å². The van der Waals surface area contributed by atoms with Crippen molar-refractivity contribution in [1.82, 2.24) is 9.78 Å². The Bertz CT molecular complexity index is 1300. The molecule has 1 aromatic heterocycles. The zero-order valence-electron chi connectivity index (χ0n) is 18.9. The molecule has 1 N–H and O–H groups in total. The van der Waals surface area contributed by atoms with Crippen LogP contribution >= 0.6 is 15.9 Å². The fourth-order valence-electron chi connectivity index (χ4n) is 3.73. The normalized spacial score (nSPS) is 10.8. The second-order valence-corrected chi connectivity index (χ2v) is 9.01. The van der Waals surface area contributed by atoms with Gasteiger partial charge in [-0.1, -0.05) is 64.0 Å². The van der Waals surface area contributed by atoms with Crippen LogP contribution in [0.1, 0.15) is 38.4 Å². The Kier molecular flexibility index (Phi) is 6.94. The number of carbonyl (C=O) groups excluding carboxylic acids is 1. The lowest BCUT2D eigenvalue weighted by Crippen LogP contribution is -2.14. The summed E-state index contributed by atoms with van der Waals surface area (Å²) in [5.74, 6) is 0.604. The van der Waals surface area contributed by atoms with Crippen molar-refractivity contribution in [3.8, 4) is 5.75 Å². The maximum Gasteiger partial charge on any atom is 0.255 e. The van der Waals surface area contributed by atoms with E-state index >= 15 is 0 Å². The standard InChI is InChI=1S/C27H26BrN3O2/c1-18-7-4-8-21(13-18)16-31-20(3)26(19(2)30-31)29-27(32)23-10-5-9-22(14-23)17-33-25-12-6-11-24(28)15-25/h4-15H,16-17H2,1-3H3,(H,29,32). The Labute approximate surface area is 202 Å². The van der Waals surface area contributed by atoms with Crippen molar-refractivity contribution in [3.05, 3.63) is 111 Å². The van der Waals surface area contributed by atoms with Crippen LogP contribution in [-0.4, -0.2) is 15.7 Å². The third-order valence-corrected chi connectivity index (χ3v) is 5.92. The number of rotatable bonds is 7. The highest BCUT2D eigenvalue weighted by Gasteiger charge is 2.16. The van der Waals surface area contributed by atoms with Gasteiger partial charge in [-0.15, -0.1) is 0 Å². The molecule has 0 saturated carbocycles. The summed E-state index contributed by atoms with van der Waals surface area (Å²) in [7, 11) is 0. The molecule has 0 atom stereocenters. The SMILES string of the molecule is Cc1cccc(Cn2nc(C)c(NC(=O)c3cccc(COc4cccc(Br)c4)c3)c2C)c1. The predicted octanol–water partition coefficient (Wildman–Crippen LogP) is 6.45. The molecule has 0 saturated heterocycles. The molecule has 6 heteroatoms. The number of benzene rings is 3. The summed E-state index contributed by atoms with van der Waals surface area (Å²) in [6, 6.07) is 23.5. The number of hydrogen-bond donors (Lipinski definition) is 1. The number of amides is 1. The molecule has 0 spiro atoms. The first-order valence-electron chi connectivity index (χ1n) is 10.8. The minimum Gasteiger partial charge on any atom is -0.489 e. The second kappa shape index (κ2) is 10.0. The number of hydrogen-bond acceptors (Lipinski definition) is 3. The molecule has 4 aromatic rings. The largest absolute Gasteiger partial charge is 0.489 e. The van der Waals surface area contributed by atoms with E-state index < -0.39 is 0 Å². The van der Waals surface area contributed by atoms with Crippen LogP contribution in [0.5, 0.6) is 5.75 Å². The minimum atomic E-state index is -0.166. The lowest BCUT2D eigenvalue weighted by atomic mass is 10.1. The van der Waals surface area contributed by atoms with Gasteiger partial charge in [-0.25, -0.2) is 0 Å². The highest BCUT2D eigenvalue weighted by molar-refractivity contribution is 9.10. The van der Waals surface area contributed by atoms with E-state index in [1.165, 1.54) is 11.1 Å². The molecule has 3 aromatic carbocycles. The summed E-state index contributed by atoms with van der Waals surface area (Å²) >= 11 is 3.45. The quantitative estimate of drug-likeness (QED) is 0.315. The molecule has 0 aliphatic heterocycles. The van der Waals surface area contributed by atoms with Crippen LogP contribution in [0, 0.1) is 20.8 Å². The van der Waals surface area contributed by atoms with E-state index in [1.807, 2.05) is 67.1 Å². The molecule has 5 nitrogen and oxygen atoms in total. The number of ether oxygens (including phenoxy) is 1. The van der Waals surface area contributed by atoms with Crippen LogP contribution in [0.25, 0.3) is 0 Å². The Morgan fingerprint density at radius 3 is 2.52 bits per heavy atom. The van der Waals surface area contributed by atoms with Crippen molar-refractivity contribution in [2.24, 2.45) is 0 Å². The average molecular weight is 504 g/mol. The summed E-state index contributed by atoms with van der Waals surface area (Å²) in [6.07, 6.45) is 0. The highest BCUT2D eigenvalue weighted by Crippen LogP contribution is 2.23. The smallest absolute Gasteiger partial charge is 0.255 e. The summed E-state index contributed by atoms with van der Waals surface area (Å²) in [6.45, 7) is 7.01. The van der Waals surface area contributed by atoms with Crippen molar-refractivity contribution in [2.75, 3.05) is 5.32 Å². The van der Waals surface area contributed by atoms with E-state index in [1.54, 1.807) is 6.07 Å². The van der Waals surface area contributed by atoms with Gasteiger partial charge in [-0.3, -0.25) is 9.48 Å². The van der Waals surface area contributed by atoms with Gasteiger partial charge in [0.15, 0.2) is 0 Å². The van der Waals surface area contributed by atoms with Gasteiger partial charge in [0.05, 0.1) is 23.6 Å². The Hall–Kier alpha value is -3.38. The molecule has 0 aliphatic rings. The number of nitrogens with zero attached hydrogens (tertiary/aromatic N) is 2. The van der Waals surface area contributed by atoms with Crippen LogP contribution in [-0.2, 0) is 13.2 Å². The van der Waals surface area contributed by atoms with Gasteiger partial charge in [0.2, 0.25) is 0 Å². The average Bonchev–Trinajstić information content (AvgIpc) is 3.05. The van der Waals surface area contributed by atoms with E-state index in [0.717, 1.165) is 32.9 Å². The molecule has 1 heterocycles. The Morgan fingerprint density at radius 1 is 0.970 bits per heavy atom. The monoisotopic (exact) mass is 503 g/mol. The van der Waals surface area contributed by atoms with E-state index in [0.29, 0.717) is 18.7 Å². The number of nitrogens with one attached hydrogen (secondary N) is 1. The molecule has 1 amide bonds. The predicted molar refractivity (Wildman–Crippen MR) is 135 cm³/mol. The molecule has 0 radical (unpaired) electrons. The van der Waals surface area contributed by atoms with Gasteiger partial charge >= 0.3 is 0 Å². The van der Waals surface area contributed by atoms with Crippen molar-refractivity contribution in [1.29, 1.82) is 0 Å². The number of halogens is 1. The number of anilines is 1. The van der Waals surface area contributed by atoms with Crippen molar-refractivity contribution in [3.63, 3.8) is 0 Å². The van der Waals surface area contributed by atoms with Gasteiger partial charge in [-0.05, 0) is 62.2 Å². The molecule has 168 valence electrons. The number of aryl methyl sites for hydroxylation is 2. The summed E-state index contributed by atoms with van der Waals surface area (Å²) < 4.78 is 8.75. The van der Waals surface area contributed by atoms with Gasteiger partial charge in [0.25, 0.3) is 5.91 Å². The third-order valence-electron chi connectivity index (χ3n) is 5.43. The molecule has 33 heavy (non-hydrogen) atoms. The first kappa shape index (κ1) is 22.8. The third kappa shape index (κ3) is 5.71. The first-order valence-corrected chi connectivity index (χ1v) is 11.6. The molecular weight excluding hydrogens is 478 g/mol. The van der Waals surface area contributed by atoms with E-state index in [-0.39, 0.29) is 5.91 Å². The Morgan fingerprint density at radius 2 is 1.73 bits per heavy atom. The molecule has 0 aliphatic carbocycles. The van der Waals surface area contributed by atoms with E-state index in [4.69, 9.17) is 4.74 Å². The second-order valence-electron chi connectivity index (χ2n) is 8.09. The first-order chi connectivity index (χ1) is 15.9. The van der Waals surface area contributed by atoms with Crippen LogP contribution in [0.15, 0.2) is 77.3 Å². The maximum absolute atomic E-state index is 13.0.